The number of nitrogen functional groups attached to an aromatic ring is 1. The van der Waals surface area contributed by atoms with Gasteiger partial charge in [0.15, 0.2) is 0 Å². The summed E-state index contributed by atoms with van der Waals surface area (Å²) in [6.45, 7) is 1.57. The van der Waals surface area contributed by atoms with Gasteiger partial charge in [0.1, 0.15) is 18.1 Å². The number of amides is 1. The van der Waals surface area contributed by atoms with Crippen molar-refractivity contribution in [3.63, 3.8) is 0 Å². The van der Waals surface area contributed by atoms with Crippen molar-refractivity contribution in [1.82, 2.24) is 14.7 Å². The SMILES string of the molecule is Nc1c(-c2ccc(F)cc2)nn2c1CN(C(=O)OCc1ccccc1)CC2. The average molecular weight is 366 g/mol. The van der Waals surface area contributed by atoms with E-state index in [9.17, 15) is 9.18 Å². The molecule has 1 aliphatic rings. The standard InChI is InChI=1S/C20H19FN4O2/c21-16-8-6-15(7-9-16)19-18(22)17-12-24(10-11-25(17)23-19)20(26)27-13-14-4-2-1-3-5-14/h1-9H,10-13,22H2. The Hall–Kier alpha value is -3.35. The van der Waals surface area contributed by atoms with Crippen LogP contribution >= 0.6 is 0 Å². The molecule has 0 aliphatic carbocycles. The van der Waals surface area contributed by atoms with Gasteiger partial charge in [-0.3, -0.25) is 4.68 Å². The number of hydrogen-bond donors (Lipinski definition) is 1. The van der Waals surface area contributed by atoms with Crippen molar-refractivity contribution in [1.29, 1.82) is 0 Å². The van der Waals surface area contributed by atoms with Crippen LogP contribution in [0.25, 0.3) is 11.3 Å². The number of ether oxygens (including phenoxy) is 1. The van der Waals surface area contributed by atoms with Gasteiger partial charge in [0.25, 0.3) is 0 Å². The second-order valence-electron chi connectivity index (χ2n) is 6.40. The number of benzene rings is 2. The minimum atomic E-state index is -0.381. The molecule has 1 amide bonds. The molecule has 0 saturated heterocycles. The summed E-state index contributed by atoms with van der Waals surface area (Å²) in [6.07, 6.45) is -0.381. The molecule has 0 unspecified atom stereocenters. The Morgan fingerprint density at radius 3 is 2.59 bits per heavy atom. The van der Waals surface area contributed by atoms with E-state index in [1.807, 2.05) is 30.3 Å². The highest BCUT2D eigenvalue weighted by Gasteiger charge is 2.27. The van der Waals surface area contributed by atoms with Crippen LogP contribution in [0, 0.1) is 5.82 Å². The third-order valence-electron chi connectivity index (χ3n) is 4.60. The third kappa shape index (κ3) is 3.48. The summed E-state index contributed by atoms with van der Waals surface area (Å²) in [7, 11) is 0. The summed E-state index contributed by atoms with van der Waals surface area (Å²) in [5, 5.41) is 4.53. The number of carbonyl (C=O) groups excluding carboxylic acids is 1. The highest BCUT2D eigenvalue weighted by molar-refractivity contribution is 5.75. The molecule has 4 rings (SSSR count). The number of hydrogen-bond acceptors (Lipinski definition) is 4. The van der Waals surface area contributed by atoms with E-state index in [1.165, 1.54) is 12.1 Å². The van der Waals surface area contributed by atoms with Crippen molar-refractivity contribution in [3.05, 3.63) is 71.7 Å². The zero-order valence-corrected chi connectivity index (χ0v) is 14.6. The van der Waals surface area contributed by atoms with E-state index in [1.54, 1.807) is 21.7 Å². The number of carbonyl (C=O) groups is 1. The maximum absolute atomic E-state index is 13.2. The van der Waals surface area contributed by atoms with E-state index in [0.717, 1.165) is 16.8 Å². The zero-order valence-electron chi connectivity index (χ0n) is 14.6. The molecule has 0 radical (unpaired) electrons. The molecule has 2 aromatic carbocycles. The van der Waals surface area contributed by atoms with Gasteiger partial charge in [0.05, 0.1) is 24.5 Å². The Bertz CT molecular complexity index is 954. The molecule has 7 heteroatoms. The van der Waals surface area contributed by atoms with Crippen LogP contribution in [-0.4, -0.2) is 27.3 Å². The maximum atomic E-state index is 13.2. The molecule has 2 N–H and O–H groups in total. The lowest BCUT2D eigenvalue weighted by molar-refractivity contribution is 0.0860. The van der Waals surface area contributed by atoms with Gasteiger partial charge in [-0.05, 0) is 29.8 Å². The van der Waals surface area contributed by atoms with E-state index in [0.29, 0.717) is 31.0 Å². The van der Waals surface area contributed by atoms with Crippen LogP contribution in [0.3, 0.4) is 0 Å². The molecule has 1 aromatic heterocycles. The predicted octanol–water partition coefficient (Wildman–Crippen LogP) is 3.42. The lowest BCUT2D eigenvalue weighted by atomic mass is 10.1. The second-order valence-corrected chi connectivity index (χ2v) is 6.40. The van der Waals surface area contributed by atoms with E-state index in [4.69, 9.17) is 10.5 Å². The van der Waals surface area contributed by atoms with Crippen LogP contribution < -0.4 is 5.73 Å². The quantitative estimate of drug-likeness (QED) is 0.771. The first-order chi connectivity index (χ1) is 13.1. The van der Waals surface area contributed by atoms with Gasteiger partial charge in [0.2, 0.25) is 0 Å². The molecule has 0 saturated carbocycles. The van der Waals surface area contributed by atoms with Gasteiger partial charge in [0, 0.05) is 12.1 Å². The van der Waals surface area contributed by atoms with Crippen LogP contribution in [0.15, 0.2) is 54.6 Å². The van der Waals surface area contributed by atoms with Crippen molar-refractivity contribution < 1.29 is 13.9 Å². The topological polar surface area (TPSA) is 73.4 Å². The highest BCUT2D eigenvalue weighted by atomic mass is 19.1. The molecule has 3 aromatic rings. The van der Waals surface area contributed by atoms with Gasteiger partial charge in [-0.25, -0.2) is 9.18 Å². The number of aromatic nitrogens is 2. The lowest BCUT2D eigenvalue weighted by Crippen LogP contribution is -2.38. The van der Waals surface area contributed by atoms with E-state index in [-0.39, 0.29) is 18.5 Å². The number of nitrogens with zero attached hydrogens (tertiary/aromatic N) is 3. The van der Waals surface area contributed by atoms with Crippen molar-refractivity contribution in [2.75, 3.05) is 12.3 Å². The molecule has 1 aliphatic heterocycles. The van der Waals surface area contributed by atoms with Gasteiger partial charge in [-0.2, -0.15) is 5.10 Å². The van der Waals surface area contributed by atoms with Gasteiger partial charge in [-0.15, -0.1) is 0 Å². The van der Waals surface area contributed by atoms with Crippen molar-refractivity contribution in [2.24, 2.45) is 0 Å². The van der Waals surface area contributed by atoms with Crippen LogP contribution in [0.5, 0.6) is 0 Å². The summed E-state index contributed by atoms with van der Waals surface area (Å²) in [6, 6.07) is 15.6. The molecular weight excluding hydrogens is 347 g/mol. The van der Waals surface area contributed by atoms with Crippen LogP contribution in [0.2, 0.25) is 0 Å². The highest BCUT2D eigenvalue weighted by Crippen LogP contribution is 2.30. The van der Waals surface area contributed by atoms with Gasteiger partial charge >= 0.3 is 6.09 Å². The lowest BCUT2D eigenvalue weighted by Gasteiger charge is -2.27. The number of rotatable bonds is 3. The molecule has 0 fully saturated rings. The number of halogens is 1. The Morgan fingerprint density at radius 2 is 1.85 bits per heavy atom. The predicted molar refractivity (Wildman–Crippen MR) is 99.1 cm³/mol. The van der Waals surface area contributed by atoms with Crippen LogP contribution in [0.4, 0.5) is 14.9 Å². The van der Waals surface area contributed by atoms with Crippen molar-refractivity contribution >= 4 is 11.8 Å². The summed E-state index contributed by atoms with van der Waals surface area (Å²) in [4.78, 5) is 14.0. The van der Waals surface area contributed by atoms with Crippen LogP contribution in [-0.2, 0) is 24.4 Å². The van der Waals surface area contributed by atoms with Gasteiger partial charge < -0.3 is 15.4 Å². The first-order valence-electron chi connectivity index (χ1n) is 8.68. The Balaban J connectivity index is 1.48. The van der Waals surface area contributed by atoms with Gasteiger partial charge in [-0.1, -0.05) is 30.3 Å². The molecule has 138 valence electrons. The monoisotopic (exact) mass is 366 g/mol. The Morgan fingerprint density at radius 1 is 1.11 bits per heavy atom. The first-order valence-corrected chi connectivity index (χ1v) is 8.68. The Kier molecular flexibility index (Phi) is 4.50. The molecule has 2 heterocycles. The number of anilines is 1. The van der Waals surface area contributed by atoms with Crippen molar-refractivity contribution in [3.8, 4) is 11.3 Å². The fraction of sp³-hybridized carbons (Fsp3) is 0.200. The molecule has 27 heavy (non-hydrogen) atoms. The smallest absolute Gasteiger partial charge is 0.410 e. The zero-order chi connectivity index (χ0) is 18.8. The van der Waals surface area contributed by atoms with Crippen molar-refractivity contribution in [2.45, 2.75) is 19.7 Å². The van der Waals surface area contributed by atoms with E-state index < -0.39 is 0 Å². The summed E-state index contributed by atoms with van der Waals surface area (Å²) in [5.74, 6) is -0.311. The maximum Gasteiger partial charge on any atom is 0.410 e. The summed E-state index contributed by atoms with van der Waals surface area (Å²) >= 11 is 0. The fourth-order valence-electron chi connectivity index (χ4n) is 3.13. The molecule has 0 atom stereocenters. The third-order valence-corrected chi connectivity index (χ3v) is 4.60. The minimum Gasteiger partial charge on any atom is -0.445 e. The summed E-state index contributed by atoms with van der Waals surface area (Å²) in [5.41, 5.74) is 9.81. The van der Waals surface area contributed by atoms with E-state index >= 15 is 0 Å². The molecule has 0 bridgehead atoms. The number of fused-ring (bicyclic) bond motifs is 1. The molecular formula is C20H19FN4O2. The van der Waals surface area contributed by atoms with E-state index in [2.05, 4.69) is 5.10 Å². The fourth-order valence-corrected chi connectivity index (χ4v) is 3.13. The molecule has 6 nitrogen and oxygen atoms in total. The second kappa shape index (κ2) is 7.11. The first kappa shape index (κ1) is 17.1. The average Bonchev–Trinajstić information content (AvgIpc) is 3.03. The molecule has 0 spiro atoms. The number of nitrogens with two attached hydrogens (primary N) is 1. The summed E-state index contributed by atoms with van der Waals surface area (Å²) < 4.78 is 20.4. The minimum absolute atomic E-state index is 0.228. The Labute approximate surface area is 156 Å². The normalized spacial score (nSPS) is 13.3. The largest absolute Gasteiger partial charge is 0.445 e. The van der Waals surface area contributed by atoms with Crippen LogP contribution in [0.1, 0.15) is 11.3 Å².